The van der Waals surface area contributed by atoms with E-state index in [9.17, 15) is 4.79 Å². The lowest BCUT2D eigenvalue weighted by atomic mass is 10.4. The molecule has 0 spiro atoms. The number of amides is 1. The fourth-order valence-corrected chi connectivity index (χ4v) is 0.856. The van der Waals surface area contributed by atoms with Gasteiger partial charge in [0.25, 0.3) is 0 Å². The molecule has 1 aliphatic rings. The van der Waals surface area contributed by atoms with Crippen LogP contribution in [0.2, 0.25) is 0 Å². The van der Waals surface area contributed by atoms with Crippen LogP contribution in [-0.4, -0.2) is 48.7 Å². The molecule has 1 saturated heterocycles. The maximum absolute atomic E-state index is 10.3. The van der Waals surface area contributed by atoms with Gasteiger partial charge in [-0.3, -0.25) is 0 Å². The standard InChI is InChI=1S/C5H10N2O2.CH3Cl/c8-5(9)7-3-1-6-2-4-7;1-2/h6H,1-4H2,(H,8,9);1H3. The molecular weight excluding hydrogens is 168 g/mol. The average Bonchev–Trinajstić information content (AvgIpc) is 2.10. The molecule has 66 valence electrons. The molecule has 4 nitrogen and oxygen atoms in total. The first kappa shape index (κ1) is 10.5. The molecule has 1 heterocycles. The van der Waals surface area contributed by atoms with E-state index < -0.39 is 6.09 Å². The number of halogens is 1. The smallest absolute Gasteiger partial charge is 0.407 e. The summed E-state index contributed by atoms with van der Waals surface area (Å²) in [7, 11) is 0. The number of carbonyl (C=O) groups is 1. The summed E-state index contributed by atoms with van der Waals surface area (Å²) in [5, 5.41) is 11.5. The third kappa shape index (κ3) is 4.06. The van der Waals surface area contributed by atoms with Crippen LogP contribution < -0.4 is 5.32 Å². The third-order valence-electron chi connectivity index (χ3n) is 1.39. The van der Waals surface area contributed by atoms with Gasteiger partial charge in [-0.05, 0) is 0 Å². The zero-order valence-electron chi connectivity index (χ0n) is 6.51. The summed E-state index contributed by atoms with van der Waals surface area (Å²) in [5.74, 6) is 0. The van der Waals surface area contributed by atoms with E-state index in [1.165, 1.54) is 11.3 Å². The Labute approximate surface area is 71.1 Å². The third-order valence-corrected chi connectivity index (χ3v) is 1.39. The Balaban J connectivity index is 0.000000461. The fourth-order valence-electron chi connectivity index (χ4n) is 0.856. The van der Waals surface area contributed by atoms with Crippen LogP contribution in [0.25, 0.3) is 0 Å². The van der Waals surface area contributed by atoms with Crippen LogP contribution in [-0.2, 0) is 0 Å². The quantitative estimate of drug-likeness (QED) is 0.532. The van der Waals surface area contributed by atoms with Crippen LogP contribution >= 0.6 is 11.6 Å². The van der Waals surface area contributed by atoms with Gasteiger partial charge in [-0.1, -0.05) is 0 Å². The van der Waals surface area contributed by atoms with E-state index in [1.807, 2.05) is 0 Å². The summed E-state index contributed by atoms with van der Waals surface area (Å²) in [4.78, 5) is 11.7. The maximum Gasteiger partial charge on any atom is 0.407 e. The monoisotopic (exact) mass is 180 g/mol. The van der Waals surface area contributed by atoms with Crippen molar-refractivity contribution in [3.63, 3.8) is 0 Å². The summed E-state index contributed by atoms with van der Waals surface area (Å²) >= 11 is 4.64. The number of nitrogens with one attached hydrogen (secondary N) is 1. The average molecular weight is 181 g/mol. The molecule has 0 aromatic carbocycles. The highest BCUT2D eigenvalue weighted by Gasteiger charge is 2.13. The molecule has 0 aromatic rings. The zero-order valence-corrected chi connectivity index (χ0v) is 7.26. The van der Waals surface area contributed by atoms with E-state index in [-0.39, 0.29) is 0 Å². The Morgan fingerprint density at radius 3 is 2.18 bits per heavy atom. The summed E-state index contributed by atoms with van der Waals surface area (Å²) in [6.45, 7) is 2.81. The molecule has 5 heteroatoms. The zero-order chi connectivity index (χ0) is 8.69. The minimum Gasteiger partial charge on any atom is -0.465 e. The normalized spacial score (nSPS) is 16.7. The van der Waals surface area contributed by atoms with Crippen LogP contribution in [0.3, 0.4) is 0 Å². The number of hydrogen-bond donors (Lipinski definition) is 2. The van der Waals surface area contributed by atoms with Crippen LogP contribution in [0.4, 0.5) is 4.79 Å². The predicted octanol–water partition coefficient (Wildman–Crippen LogP) is 0.425. The second-order valence-electron chi connectivity index (χ2n) is 2.02. The Bertz CT molecular complexity index is 115. The van der Waals surface area contributed by atoms with Gasteiger partial charge < -0.3 is 15.3 Å². The largest absolute Gasteiger partial charge is 0.465 e. The minimum atomic E-state index is -0.809. The Hall–Kier alpha value is -0.480. The van der Waals surface area contributed by atoms with Crippen molar-refractivity contribution in [2.75, 3.05) is 32.6 Å². The first-order valence-corrected chi connectivity index (χ1v) is 4.12. The summed E-state index contributed by atoms with van der Waals surface area (Å²) in [6.07, 6.45) is 0.663. The number of hydrogen-bond acceptors (Lipinski definition) is 2. The van der Waals surface area contributed by atoms with Crippen molar-refractivity contribution in [3.05, 3.63) is 0 Å². The van der Waals surface area contributed by atoms with Crippen LogP contribution in [0.15, 0.2) is 0 Å². The Morgan fingerprint density at radius 1 is 1.45 bits per heavy atom. The van der Waals surface area contributed by atoms with E-state index in [0.29, 0.717) is 13.1 Å². The summed E-state index contributed by atoms with van der Waals surface area (Å²) in [6, 6.07) is 0. The molecular formula is C6H13ClN2O2. The van der Waals surface area contributed by atoms with Crippen molar-refractivity contribution in [1.82, 2.24) is 10.2 Å². The molecule has 1 amide bonds. The number of piperazine rings is 1. The van der Waals surface area contributed by atoms with Gasteiger partial charge >= 0.3 is 6.09 Å². The molecule has 0 aliphatic carbocycles. The molecule has 1 fully saturated rings. The topological polar surface area (TPSA) is 52.6 Å². The molecule has 0 atom stereocenters. The van der Waals surface area contributed by atoms with Gasteiger partial charge in [0.1, 0.15) is 0 Å². The van der Waals surface area contributed by atoms with Crippen molar-refractivity contribution in [3.8, 4) is 0 Å². The highest BCUT2D eigenvalue weighted by molar-refractivity contribution is 6.15. The van der Waals surface area contributed by atoms with Crippen molar-refractivity contribution in [2.45, 2.75) is 0 Å². The van der Waals surface area contributed by atoms with E-state index in [2.05, 4.69) is 16.9 Å². The first-order valence-electron chi connectivity index (χ1n) is 3.37. The lowest BCUT2D eigenvalue weighted by molar-refractivity contribution is 0.139. The van der Waals surface area contributed by atoms with E-state index in [4.69, 9.17) is 5.11 Å². The maximum atomic E-state index is 10.3. The molecule has 0 radical (unpaired) electrons. The summed E-state index contributed by atoms with van der Waals surface area (Å²) < 4.78 is 0. The van der Waals surface area contributed by atoms with Gasteiger partial charge in [-0.25, -0.2) is 4.79 Å². The Morgan fingerprint density at radius 2 is 1.91 bits per heavy atom. The minimum absolute atomic E-state index is 0.620. The fraction of sp³-hybridized carbons (Fsp3) is 0.833. The number of alkyl halides is 1. The summed E-state index contributed by atoms with van der Waals surface area (Å²) in [5.41, 5.74) is 0. The SMILES string of the molecule is CCl.O=C(O)N1CCNCC1. The van der Waals surface area contributed by atoms with Crippen molar-refractivity contribution < 1.29 is 9.90 Å². The van der Waals surface area contributed by atoms with Gasteiger partial charge in [0.05, 0.1) is 0 Å². The lowest BCUT2D eigenvalue weighted by Gasteiger charge is -2.23. The molecule has 11 heavy (non-hydrogen) atoms. The molecule has 0 saturated carbocycles. The first-order chi connectivity index (χ1) is 5.30. The van der Waals surface area contributed by atoms with E-state index in [0.717, 1.165) is 13.1 Å². The van der Waals surface area contributed by atoms with Gasteiger partial charge in [0.2, 0.25) is 0 Å². The second-order valence-corrected chi connectivity index (χ2v) is 2.02. The van der Waals surface area contributed by atoms with E-state index in [1.54, 1.807) is 0 Å². The molecule has 1 rings (SSSR count). The highest BCUT2D eigenvalue weighted by atomic mass is 35.5. The number of nitrogens with zero attached hydrogens (tertiary/aromatic N) is 1. The van der Waals surface area contributed by atoms with Crippen LogP contribution in [0.5, 0.6) is 0 Å². The Kier molecular flexibility index (Phi) is 5.97. The highest BCUT2D eigenvalue weighted by Crippen LogP contribution is 1.90. The molecule has 0 bridgehead atoms. The van der Waals surface area contributed by atoms with Crippen LogP contribution in [0, 0.1) is 0 Å². The molecule has 0 aromatic heterocycles. The van der Waals surface area contributed by atoms with E-state index >= 15 is 0 Å². The number of rotatable bonds is 0. The van der Waals surface area contributed by atoms with Crippen molar-refractivity contribution >= 4 is 17.7 Å². The second kappa shape index (κ2) is 6.24. The predicted molar refractivity (Wildman–Crippen MR) is 44.2 cm³/mol. The van der Waals surface area contributed by atoms with Gasteiger partial charge in [-0.2, -0.15) is 0 Å². The van der Waals surface area contributed by atoms with Gasteiger partial charge in [-0.15, -0.1) is 11.6 Å². The van der Waals surface area contributed by atoms with Crippen LogP contribution in [0.1, 0.15) is 0 Å². The van der Waals surface area contributed by atoms with Crippen molar-refractivity contribution in [1.29, 1.82) is 0 Å². The molecule has 1 aliphatic heterocycles. The number of carboxylic acid groups (broad SMARTS) is 1. The molecule has 2 N–H and O–H groups in total. The van der Waals surface area contributed by atoms with Gasteiger partial charge in [0.15, 0.2) is 0 Å². The van der Waals surface area contributed by atoms with Gasteiger partial charge in [0, 0.05) is 32.6 Å². The van der Waals surface area contributed by atoms with Crippen molar-refractivity contribution in [2.24, 2.45) is 0 Å². The lowest BCUT2D eigenvalue weighted by Crippen LogP contribution is -2.45. The molecule has 0 unspecified atom stereocenters.